The van der Waals surface area contributed by atoms with Crippen molar-refractivity contribution in [3.63, 3.8) is 0 Å². The zero-order chi connectivity index (χ0) is 13.0. The number of unbranched alkanes of at least 4 members (excludes halogenated alkanes) is 2. The minimum Gasteiger partial charge on any atom is -0.456 e. The highest BCUT2D eigenvalue weighted by Gasteiger charge is 2.15. The Bertz CT molecular complexity index is 506. The fourth-order valence-electron chi connectivity index (χ4n) is 2.25. The zero-order valence-electron chi connectivity index (χ0n) is 11.0. The lowest BCUT2D eigenvalue weighted by Gasteiger charge is -2.12. The summed E-state index contributed by atoms with van der Waals surface area (Å²) in [6, 6.07) is 7.13. The van der Waals surface area contributed by atoms with Gasteiger partial charge >= 0.3 is 0 Å². The normalized spacial score (nSPS) is 13.1. The van der Waals surface area contributed by atoms with Crippen LogP contribution in [0, 0.1) is 5.82 Å². The van der Waals surface area contributed by atoms with Crippen LogP contribution in [0.25, 0.3) is 11.0 Å². The zero-order valence-corrected chi connectivity index (χ0v) is 11.0. The Morgan fingerprint density at radius 2 is 2.17 bits per heavy atom. The Balaban J connectivity index is 2.20. The maximum absolute atomic E-state index is 13.6. The van der Waals surface area contributed by atoms with Gasteiger partial charge in [-0.1, -0.05) is 38.3 Å². The van der Waals surface area contributed by atoms with E-state index >= 15 is 0 Å². The van der Waals surface area contributed by atoms with Crippen LogP contribution >= 0.6 is 0 Å². The lowest BCUT2D eigenvalue weighted by molar-refractivity contribution is 0.414. The summed E-state index contributed by atoms with van der Waals surface area (Å²) in [5, 5.41) is 4.08. The first-order chi connectivity index (χ1) is 8.76. The first-order valence-electron chi connectivity index (χ1n) is 6.61. The Morgan fingerprint density at radius 3 is 2.83 bits per heavy atom. The van der Waals surface area contributed by atoms with Crippen LogP contribution in [0.1, 0.15) is 44.4 Å². The maximum atomic E-state index is 13.6. The van der Waals surface area contributed by atoms with Crippen LogP contribution < -0.4 is 5.32 Å². The standard InChI is InChI=1S/C15H20FNO/c1-3-4-5-9-13(17-2)14-10-11-7-6-8-12(16)15(11)18-14/h6-8,10,13,17H,3-5,9H2,1-2H3. The quantitative estimate of drug-likeness (QED) is 0.767. The Labute approximate surface area is 107 Å². The van der Waals surface area contributed by atoms with Gasteiger partial charge in [-0.3, -0.25) is 0 Å². The average Bonchev–Trinajstić information content (AvgIpc) is 2.80. The highest BCUT2D eigenvalue weighted by atomic mass is 19.1. The second-order valence-electron chi connectivity index (χ2n) is 4.64. The summed E-state index contributed by atoms with van der Waals surface area (Å²) < 4.78 is 19.2. The van der Waals surface area contributed by atoms with E-state index < -0.39 is 0 Å². The van der Waals surface area contributed by atoms with E-state index in [1.54, 1.807) is 6.07 Å². The molecule has 2 nitrogen and oxygen atoms in total. The lowest BCUT2D eigenvalue weighted by Crippen LogP contribution is -2.15. The predicted octanol–water partition coefficient (Wildman–Crippen LogP) is 4.41. The number of nitrogens with one attached hydrogen (secondary N) is 1. The molecular formula is C15H20FNO. The number of hydrogen-bond donors (Lipinski definition) is 1. The summed E-state index contributed by atoms with van der Waals surface area (Å²) in [6.07, 6.45) is 4.59. The van der Waals surface area contributed by atoms with Gasteiger partial charge in [-0.05, 0) is 25.6 Å². The first kappa shape index (κ1) is 13.1. The number of halogens is 1. The Kier molecular flexibility index (Phi) is 4.37. The fourth-order valence-corrected chi connectivity index (χ4v) is 2.25. The summed E-state index contributed by atoms with van der Waals surface area (Å²) in [5.74, 6) is 0.538. The molecule has 0 aliphatic heterocycles. The van der Waals surface area contributed by atoms with E-state index in [9.17, 15) is 4.39 Å². The SMILES string of the molecule is CCCCCC(NC)c1cc2cccc(F)c2o1. The van der Waals surface area contributed by atoms with Gasteiger partial charge in [0.15, 0.2) is 11.4 Å². The van der Waals surface area contributed by atoms with Crippen molar-refractivity contribution in [2.24, 2.45) is 0 Å². The first-order valence-corrected chi connectivity index (χ1v) is 6.61. The molecule has 0 aliphatic rings. The highest BCUT2D eigenvalue weighted by Crippen LogP contribution is 2.28. The summed E-state index contributed by atoms with van der Waals surface area (Å²) in [7, 11) is 1.92. The number of fused-ring (bicyclic) bond motifs is 1. The number of para-hydroxylation sites is 1. The Hall–Kier alpha value is -1.35. The van der Waals surface area contributed by atoms with Gasteiger partial charge in [-0.25, -0.2) is 4.39 Å². The molecule has 1 N–H and O–H groups in total. The van der Waals surface area contributed by atoms with Gasteiger partial charge in [-0.15, -0.1) is 0 Å². The summed E-state index contributed by atoms with van der Waals surface area (Å²) in [5.41, 5.74) is 0.364. The fraction of sp³-hybridized carbons (Fsp3) is 0.467. The van der Waals surface area contributed by atoms with E-state index in [0.29, 0.717) is 5.58 Å². The smallest absolute Gasteiger partial charge is 0.169 e. The minimum absolute atomic E-state index is 0.170. The monoisotopic (exact) mass is 249 g/mol. The Morgan fingerprint density at radius 1 is 1.33 bits per heavy atom. The molecule has 2 rings (SSSR count). The van der Waals surface area contributed by atoms with Gasteiger partial charge in [0.2, 0.25) is 0 Å². The molecule has 98 valence electrons. The van der Waals surface area contributed by atoms with Crippen LogP contribution in [0.3, 0.4) is 0 Å². The number of rotatable bonds is 6. The average molecular weight is 249 g/mol. The molecule has 0 spiro atoms. The molecule has 0 aliphatic carbocycles. The van der Waals surface area contributed by atoms with Crippen LogP contribution in [0.2, 0.25) is 0 Å². The third-order valence-corrected chi connectivity index (χ3v) is 3.30. The molecule has 1 aromatic heterocycles. The van der Waals surface area contributed by atoms with Crippen molar-refractivity contribution in [1.29, 1.82) is 0 Å². The van der Waals surface area contributed by atoms with Crippen LogP contribution in [0.4, 0.5) is 4.39 Å². The van der Waals surface area contributed by atoms with Gasteiger partial charge < -0.3 is 9.73 Å². The summed E-state index contributed by atoms with van der Waals surface area (Å²) in [4.78, 5) is 0. The highest BCUT2D eigenvalue weighted by molar-refractivity contribution is 5.78. The van der Waals surface area contributed by atoms with Gasteiger partial charge in [0.25, 0.3) is 0 Å². The molecule has 2 aromatic rings. The second kappa shape index (κ2) is 6.01. The molecule has 1 heterocycles. The lowest BCUT2D eigenvalue weighted by atomic mass is 10.1. The molecule has 0 saturated heterocycles. The molecule has 0 radical (unpaired) electrons. The van der Waals surface area contributed by atoms with Crippen LogP contribution in [-0.2, 0) is 0 Å². The van der Waals surface area contributed by atoms with Crippen molar-refractivity contribution in [3.8, 4) is 0 Å². The van der Waals surface area contributed by atoms with E-state index in [1.807, 2.05) is 19.2 Å². The van der Waals surface area contributed by atoms with Crippen molar-refractivity contribution in [3.05, 3.63) is 35.8 Å². The predicted molar refractivity (Wildman–Crippen MR) is 72.1 cm³/mol. The molecule has 3 heteroatoms. The molecule has 18 heavy (non-hydrogen) atoms. The topological polar surface area (TPSA) is 25.2 Å². The third-order valence-electron chi connectivity index (χ3n) is 3.30. The van der Waals surface area contributed by atoms with Crippen LogP contribution in [0.5, 0.6) is 0 Å². The summed E-state index contributed by atoms with van der Waals surface area (Å²) in [6.45, 7) is 2.19. The van der Waals surface area contributed by atoms with Crippen molar-refractivity contribution in [2.45, 2.75) is 38.6 Å². The van der Waals surface area contributed by atoms with Gasteiger partial charge in [0.1, 0.15) is 5.76 Å². The van der Waals surface area contributed by atoms with E-state index in [-0.39, 0.29) is 11.9 Å². The second-order valence-corrected chi connectivity index (χ2v) is 4.64. The van der Waals surface area contributed by atoms with E-state index in [4.69, 9.17) is 4.42 Å². The van der Waals surface area contributed by atoms with E-state index in [0.717, 1.165) is 24.0 Å². The number of hydrogen-bond acceptors (Lipinski definition) is 2. The number of furan rings is 1. The molecule has 0 fully saturated rings. The van der Waals surface area contributed by atoms with Crippen molar-refractivity contribution in [2.75, 3.05) is 7.05 Å². The van der Waals surface area contributed by atoms with Crippen molar-refractivity contribution < 1.29 is 8.81 Å². The minimum atomic E-state index is -0.290. The van der Waals surface area contributed by atoms with Gasteiger partial charge in [0.05, 0.1) is 6.04 Å². The molecule has 0 saturated carbocycles. The molecular weight excluding hydrogens is 229 g/mol. The molecule has 1 atom stereocenters. The number of benzene rings is 1. The molecule has 1 aromatic carbocycles. The van der Waals surface area contributed by atoms with Crippen LogP contribution in [0.15, 0.2) is 28.7 Å². The molecule has 0 bridgehead atoms. The maximum Gasteiger partial charge on any atom is 0.169 e. The summed E-state index contributed by atoms with van der Waals surface area (Å²) >= 11 is 0. The molecule has 1 unspecified atom stereocenters. The van der Waals surface area contributed by atoms with Crippen molar-refractivity contribution in [1.82, 2.24) is 5.32 Å². The van der Waals surface area contributed by atoms with Gasteiger partial charge in [0, 0.05) is 5.39 Å². The third kappa shape index (κ3) is 2.72. The van der Waals surface area contributed by atoms with Gasteiger partial charge in [-0.2, -0.15) is 0 Å². The molecule has 0 amide bonds. The van der Waals surface area contributed by atoms with E-state index in [1.165, 1.54) is 18.9 Å². The van der Waals surface area contributed by atoms with Crippen molar-refractivity contribution >= 4 is 11.0 Å². The van der Waals surface area contributed by atoms with E-state index in [2.05, 4.69) is 12.2 Å². The largest absolute Gasteiger partial charge is 0.456 e. The van der Waals surface area contributed by atoms with Crippen LogP contribution in [-0.4, -0.2) is 7.05 Å².